The minimum absolute atomic E-state index is 0.00573. The third-order valence-electron chi connectivity index (χ3n) is 5.17. The molecule has 1 atom stereocenters. The summed E-state index contributed by atoms with van der Waals surface area (Å²) in [5.41, 5.74) is 1.44. The molecule has 0 spiro atoms. The van der Waals surface area contributed by atoms with Crippen molar-refractivity contribution in [3.63, 3.8) is 0 Å². The highest BCUT2D eigenvalue weighted by Crippen LogP contribution is 2.26. The lowest BCUT2D eigenvalue weighted by Gasteiger charge is -2.28. The normalized spacial score (nSPS) is 17.4. The molecule has 0 aromatic heterocycles. The summed E-state index contributed by atoms with van der Waals surface area (Å²) < 4.78 is 30.0. The Morgan fingerprint density at radius 2 is 1.57 bits per heavy atom. The first-order valence-corrected chi connectivity index (χ1v) is 11.7. The van der Waals surface area contributed by atoms with Crippen LogP contribution in [-0.2, 0) is 16.4 Å². The van der Waals surface area contributed by atoms with Crippen LogP contribution in [0, 0.1) is 0 Å². The highest BCUT2D eigenvalue weighted by atomic mass is 32.2. The van der Waals surface area contributed by atoms with Gasteiger partial charge < -0.3 is 9.64 Å². The van der Waals surface area contributed by atoms with Gasteiger partial charge >= 0.3 is 0 Å². The van der Waals surface area contributed by atoms with Gasteiger partial charge in [0.05, 0.1) is 11.5 Å². The second kappa shape index (κ2) is 8.71. The number of benzene rings is 3. The fourth-order valence-electron chi connectivity index (χ4n) is 3.65. The lowest BCUT2D eigenvalue weighted by Crippen LogP contribution is -2.40. The summed E-state index contributed by atoms with van der Waals surface area (Å²) in [6.45, 7) is 0.365. The molecule has 4 rings (SSSR count). The molecule has 3 aromatic rings. The quantitative estimate of drug-likeness (QED) is 0.595. The molecule has 1 amide bonds. The molecule has 0 unspecified atom stereocenters. The van der Waals surface area contributed by atoms with E-state index in [4.69, 9.17) is 4.74 Å². The molecule has 1 aliphatic heterocycles. The van der Waals surface area contributed by atoms with Gasteiger partial charge in [-0.15, -0.1) is 0 Å². The van der Waals surface area contributed by atoms with Crippen molar-refractivity contribution in [2.24, 2.45) is 0 Å². The number of ether oxygens (including phenoxy) is 1. The largest absolute Gasteiger partial charge is 0.457 e. The van der Waals surface area contributed by atoms with Crippen LogP contribution in [0.1, 0.15) is 22.3 Å². The fourth-order valence-corrected chi connectivity index (χ4v) is 5.38. The summed E-state index contributed by atoms with van der Waals surface area (Å²) in [7, 11) is -3.12. The van der Waals surface area contributed by atoms with Gasteiger partial charge in [0.25, 0.3) is 5.91 Å². The third-order valence-corrected chi connectivity index (χ3v) is 6.92. The Bertz CT molecular complexity index is 1110. The Morgan fingerprint density at radius 1 is 0.900 bits per heavy atom. The zero-order valence-electron chi connectivity index (χ0n) is 16.5. The van der Waals surface area contributed by atoms with Gasteiger partial charge in [0.1, 0.15) is 11.5 Å². The van der Waals surface area contributed by atoms with E-state index in [-0.39, 0.29) is 23.5 Å². The van der Waals surface area contributed by atoms with Crippen molar-refractivity contribution in [3.05, 3.63) is 96.1 Å². The van der Waals surface area contributed by atoms with Crippen LogP contribution in [0.15, 0.2) is 84.9 Å². The Hall–Kier alpha value is -3.12. The first kappa shape index (κ1) is 20.2. The number of hydrogen-bond donors (Lipinski definition) is 0. The van der Waals surface area contributed by atoms with Crippen molar-refractivity contribution in [1.29, 1.82) is 0 Å². The number of sulfone groups is 1. The van der Waals surface area contributed by atoms with Crippen molar-refractivity contribution in [2.45, 2.75) is 19.0 Å². The van der Waals surface area contributed by atoms with Gasteiger partial charge in [0.2, 0.25) is 0 Å². The van der Waals surface area contributed by atoms with E-state index < -0.39 is 9.84 Å². The molecule has 1 aliphatic rings. The number of nitrogens with zero attached hydrogens (tertiary/aromatic N) is 1. The number of amides is 1. The molecule has 30 heavy (non-hydrogen) atoms. The summed E-state index contributed by atoms with van der Waals surface area (Å²) in [6, 6.07) is 25.7. The van der Waals surface area contributed by atoms with Crippen LogP contribution in [0.2, 0.25) is 0 Å². The van der Waals surface area contributed by atoms with E-state index >= 15 is 0 Å². The lowest BCUT2D eigenvalue weighted by atomic mass is 10.1. The van der Waals surface area contributed by atoms with Gasteiger partial charge in [-0.2, -0.15) is 0 Å². The first-order valence-electron chi connectivity index (χ1n) is 9.88. The maximum atomic E-state index is 13.4. The number of hydrogen-bond acceptors (Lipinski definition) is 4. The molecular formula is C24H23NO4S. The predicted molar refractivity (Wildman–Crippen MR) is 116 cm³/mol. The second-order valence-corrected chi connectivity index (χ2v) is 9.65. The molecule has 0 N–H and O–H groups in total. The van der Waals surface area contributed by atoms with Crippen LogP contribution in [0.5, 0.6) is 11.5 Å². The standard InChI is InChI=1S/C24H23NO4S/c26-24(20-10-7-13-23(16-20)29-22-11-5-2-6-12-22)25(17-19-8-3-1-4-9-19)21-14-15-30(27,28)18-21/h1-13,16,21H,14-15,17-18H2/t21-/m0/s1. The highest BCUT2D eigenvalue weighted by Gasteiger charge is 2.35. The molecule has 5 nitrogen and oxygen atoms in total. The zero-order valence-corrected chi connectivity index (χ0v) is 17.3. The first-order chi connectivity index (χ1) is 14.5. The smallest absolute Gasteiger partial charge is 0.254 e. The van der Waals surface area contributed by atoms with Crippen molar-refractivity contribution in [2.75, 3.05) is 11.5 Å². The fraction of sp³-hybridized carbons (Fsp3) is 0.208. The van der Waals surface area contributed by atoms with Gasteiger partial charge in [0.15, 0.2) is 9.84 Å². The number of para-hydroxylation sites is 1. The monoisotopic (exact) mass is 421 g/mol. The number of carbonyl (C=O) groups is 1. The van der Waals surface area contributed by atoms with Crippen molar-refractivity contribution in [3.8, 4) is 11.5 Å². The molecule has 1 heterocycles. The van der Waals surface area contributed by atoms with Gasteiger partial charge in [-0.3, -0.25) is 4.79 Å². The van der Waals surface area contributed by atoms with Crippen LogP contribution in [-0.4, -0.2) is 36.8 Å². The lowest BCUT2D eigenvalue weighted by molar-refractivity contribution is 0.0680. The maximum Gasteiger partial charge on any atom is 0.254 e. The van der Waals surface area contributed by atoms with Crippen LogP contribution in [0.25, 0.3) is 0 Å². The number of carbonyl (C=O) groups excluding carboxylic acids is 1. The van der Waals surface area contributed by atoms with E-state index in [1.54, 1.807) is 29.2 Å². The van der Waals surface area contributed by atoms with Gasteiger partial charge in [-0.25, -0.2) is 8.42 Å². The molecular weight excluding hydrogens is 398 g/mol. The van der Waals surface area contributed by atoms with Gasteiger partial charge in [-0.05, 0) is 42.3 Å². The summed E-state index contributed by atoms with van der Waals surface area (Å²) in [5, 5.41) is 0. The van der Waals surface area contributed by atoms with Crippen LogP contribution in [0.3, 0.4) is 0 Å². The minimum Gasteiger partial charge on any atom is -0.457 e. The molecule has 154 valence electrons. The van der Waals surface area contributed by atoms with Gasteiger partial charge in [0, 0.05) is 18.2 Å². The van der Waals surface area contributed by atoms with E-state index in [9.17, 15) is 13.2 Å². The van der Waals surface area contributed by atoms with E-state index in [1.807, 2.05) is 60.7 Å². The summed E-state index contributed by atoms with van der Waals surface area (Å²) >= 11 is 0. The van der Waals surface area contributed by atoms with E-state index in [1.165, 1.54) is 0 Å². The number of rotatable bonds is 6. The van der Waals surface area contributed by atoms with E-state index in [0.717, 1.165) is 5.56 Å². The maximum absolute atomic E-state index is 13.4. The second-order valence-electron chi connectivity index (χ2n) is 7.42. The van der Waals surface area contributed by atoms with Gasteiger partial charge in [-0.1, -0.05) is 54.6 Å². The Labute approximate surface area is 176 Å². The van der Waals surface area contributed by atoms with E-state index in [2.05, 4.69) is 0 Å². The highest BCUT2D eigenvalue weighted by molar-refractivity contribution is 7.91. The Morgan fingerprint density at radius 3 is 2.23 bits per heavy atom. The molecule has 0 bridgehead atoms. The summed E-state index contributed by atoms with van der Waals surface area (Å²) in [4.78, 5) is 15.1. The average molecular weight is 422 g/mol. The topological polar surface area (TPSA) is 63.7 Å². The average Bonchev–Trinajstić information content (AvgIpc) is 3.12. The molecule has 0 aliphatic carbocycles. The van der Waals surface area contributed by atoms with Crippen molar-refractivity contribution >= 4 is 15.7 Å². The van der Waals surface area contributed by atoms with Crippen LogP contribution in [0.4, 0.5) is 0 Å². The molecule has 0 radical (unpaired) electrons. The molecule has 6 heteroatoms. The Kier molecular flexibility index (Phi) is 5.86. The SMILES string of the molecule is O=C(c1cccc(Oc2ccccc2)c1)N(Cc1ccccc1)[C@H]1CCS(=O)(=O)C1. The zero-order chi connectivity index (χ0) is 21.0. The van der Waals surface area contributed by atoms with E-state index in [0.29, 0.717) is 30.0 Å². The minimum atomic E-state index is -3.12. The third kappa shape index (κ3) is 4.89. The predicted octanol–water partition coefficient (Wildman–Crippen LogP) is 4.31. The van der Waals surface area contributed by atoms with Crippen LogP contribution >= 0.6 is 0 Å². The summed E-state index contributed by atoms with van der Waals surface area (Å²) in [5.74, 6) is 1.18. The molecule has 3 aromatic carbocycles. The van der Waals surface area contributed by atoms with Crippen LogP contribution < -0.4 is 4.74 Å². The van der Waals surface area contributed by atoms with Crippen molar-refractivity contribution < 1.29 is 17.9 Å². The molecule has 0 saturated carbocycles. The molecule has 1 saturated heterocycles. The Balaban J connectivity index is 1.60. The summed E-state index contributed by atoms with van der Waals surface area (Å²) in [6.07, 6.45) is 0.459. The van der Waals surface area contributed by atoms with Crippen molar-refractivity contribution in [1.82, 2.24) is 4.90 Å². The molecule has 1 fully saturated rings.